The van der Waals surface area contributed by atoms with Crippen LogP contribution in [0.25, 0.3) is 0 Å². The molecule has 1 aromatic heterocycles. The van der Waals surface area contributed by atoms with Crippen molar-refractivity contribution in [3.8, 4) is 0 Å². The fraction of sp³-hybridized carbons (Fsp3) is 0.462. The highest BCUT2D eigenvalue weighted by atomic mass is 79.9. The van der Waals surface area contributed by atoms with Crippen LogP contribution in [0.2, 0.25) is 0 Å². The molecule has 3 rings (SSSR count). The molecular weight excluding hydrogens is 310 g/mol. The number of halogens is 1. The predicted octanol–water partition coefficient (Wildman–Crippen LogP) is 2.21. The lowest BCUT2D eigenvalue weighted by molar-refractivity contribution is -0.126. The van der Waals surface area contributed by atoms with E-state index in [0.29, 0.717) is 6.54 Å². The van der Waals surface area contributed by atoms with Gasteiger partial charge in [0.2, 0.25) is 0 Å². The maximum atomic E-state index is 12.1. The largest absolute Gasteiger partial charge is 0.325 e. The number of hydrogen-bond acceptors (Lipinski definition) is 3. The van der Waals surface area contributed by atoms with Gasteiger partial charge in [-0.05, 0) is 40.9 Å². The fourth-order valence-electron chi connectivity index (χ4n) is 2.94. The van der Waals surface area contributed by atoms with Crippen LogP contribution in [0.4, 0.5) is 4.79 Å². The normalized spacial score (nSPS) is 21.2. The van der Waals surface area contributed by atoms with E-state index in [1.54, 1.807) is 11.1 Å². The zero-order chi connectivity index (χ0) is 13.5. The topological polar surface area (TPSA) is 62.3 Å². The first-order valence-electron chi connectivity index (χ1n) is 6.35. The zero-order valence-electron chi connectivity index (χ0n) is 10.4. The van der Waals surface area contributed by atoms with Crippen molar-refractivity contribution in [3.05, 3.63) is 28.5 Å². The third-order valence-corrected chi connectivity index (χ3v) is 4.41. The summed E-state index contributed by atoms with van der Waals surface area (Å²) in [6.45, 7) is 0.380. The molecule has 100 valence electrons. The van der Waals surface area contributed by atoms with Crippen molar-refractivity contribution in [2.24, 2.45) is 0 Å². The molecule has 1 saturated carbocycles. The minimum absolute atomic E-state index is 0.146. The monoisotopic (exact) mass is 323 g/mol. The third-order valence-electron chi connectivity index (χ3n) is 3.94. The van der Waals surface area contributed by atoms with Crippen LogP contribution in [-0.4, -0.2) is 27.4 Å². The van der Waals surface area contributed by atoms with E-state index in [4.69, 9.17) is 0 Å². The molecule has 1 spiro atoms. The van der Waals surface area contributed by atoms with Crippen molar-refractivity contribution >= 4 is 27.9 Å². The Morgan fingerprint density at radius 2 is 2.05 bits per heavy atom. The molecule has 5 nitrogen and oxygen atoms in total. The molecule has 1 aliphatic heterocycles. The molecule has 1 saturated heterocycles. The number of pyridine rings is 1. The van der Waals surface area contributed by atoms with Gasteiger partial charge in [0.15, 0.2) is 0 Å². The average Bonchev–Trinajstić information content (AvgIpc) is 2.95. The van der Waals surface area contributed by atoms with Gasteiger partial charge in [0.1, 0.15) is 5.54 Å². The number of nitrogens with zero attached hydrogens (tertiary/aromatic N) is 2. The summed E-state index contributed by atoms with van der Waals surface area (Å²) in [6, 6.07) is 3.46. The van der Waals surface area contributed by atoms with Crippen molar-refractivity contribution < 1.29 is 9.59 Å². The second kappa shape index (κ2) is 4.59. The van der Waals surface area contributed by atoms with Crippen LogP contribution in [0.5, 0.6) is 0 Å². The van der Waals surface area contributed by atoms with Crippen LogP contribution in [0, 0.1) is 0 Å². The highest BCUT2D eigenvalue weighted by Crippen LogP contribution is 2.39. The lowest BCUT2D eigenvalue weighted by atomic mass is 9.96. The molecule has 0 aromatic carbocycles. The Labute approximate surface area is 119 Å². The maximum Gasteiger partial charge on any atom is 0.325 e. The summed E-state index contributed by atoms with van der Waals surface area (Å²) in [6.07, 6.45) is 5.19. The molecule has 1 aromatic rings. The summed E-state index contributed by atoms with van der Waals surface area (Å²) in [7, 11) is 0. The molecule has 6 heteroatoms. The van der Waals surface area contributed by atoms with Gasteiger partial charge in [-0.2, -0.15) is 0 Å². The molecular formula is C13H14BrN3O2. The Morgan fingerprint density at radius 1 is 1.32 bits per heavy atom. The summed E-state index contributed by atoms with van der Waals surface area (Å²) in [4.78, 5) is 30.0. The van der Waals surface area contributed by atoms with Gasteiger partial charge in [0.05, 0.1) is 12.2 Å². The second-order valence-corrected chi connectivity index (χ2v) is 5.97. The zero-order valence-corrected chi connectivity index (χ0v) is 11.9. The SMILES string of the molecule is O=C1NC(=O)C2(CCCC2)N1Cc1ccc(Br)cn1. The molecule has 2 aliphatic rings. The average molecular weight is 324 g/mol. The van der Waals surface area contributed by atoms with E-state index < -0.39 is 5.54 Å². The lowest BCUT2D eigenvalue weighted by Gasteiger charge is -2.31. The van der Waals surface area contributed by atoms with Gasteiger partial charge in [-0.25, -0.2) is 4.79 Å². The molecule has 0 radical (unpaired) electrons. The number of imide groups is 1. The first-order chi connectivity index (χ1) is 9.12. The quantitative estimate of drug-likeness (QED) is 0.849. The van der Waals surface area contributed by atoms with Crippen LogP contribution in [0.15, 0.2) is 22.8 Å². The van der Waals surface area contributed by atoms with E-state index in [0.717, 1.165) is 35.8 Å². The smallest absolute Gasteiger partial charge is 0.304 e. The molecule has 0 unspecified atom stereocenters. The van der Waals surface area contributed by atoms with Crippen LogP contribution >= 0.6 is 15.9 Å². The van der Waals surface area contributed by atoms with Crippen molar-refractivity contribution in [2.75, 3.05) is 0 Å². The predicted molar refractivity (Wildman–Crippen MR) is 72.2 cm³/mol. The number of carbonyl (C=O) groups excluding carboxylic acids is 2. The first-order valence-corrected chi connectivity index (χ1v) is 7.15. The van der Waals surface area contributed by atoms with E-state index in [2.05, 4.69) is 26.2 Å². The summed E-state index contributed by atoms with van der Waals surface area (Å²) in [5, 5.41) is 2.44. The van der Waals surface area contributed by atoms with Gasteiger partial charge in [-0.15, -0.1) is 0 Å². The Morgan fingerprint density at radius 3 is 2.68 bits per heavy atom. The van der Waals surface area contributed by atoms with Gasteiger partial charge in [0, 0.05) is 10.7 Å². The van der Waals surface area contributed by atoms with Gasteiger partial charge in [0.25, 0.3) is 5.91 Å². The number of urea groups is 1. The fourth-order valence-corrected chi connectivity index (χ4v) is 3.17. The van der Waals surface area contributed by atoms with Crippen LogP contribution in [0.1, 0.15) is 31.4 Å². The molecule has 1 N–H and O–H groups in total. The lowest BCUT2D eigenvalue weighted by Crippen LogP contribution is -2.46. The van der Waals surface area contributed by atoms with Gasteiger partial charge in [-0.3, -0.25) is 15.1 Å². The summed E-state index contributed by atoms with van der Waals surface area (Å²) in [5.74, 6) is -0.146. The van der Waals surface area contributed by atoms with Crippen molar-refractivity contribution in [3.63, 3.8) is 0 Å². The molecule has 2 fully saturated rings. The number of hydrogen-bond donors (Lipinski definition) is 1. The minimum Gasteiger partial charge on any atom is -0.304 e. The summed E-state index contributed by atoms with van der Waals surface area (Å²) in [5.41, 5.74) is 0.158. The highest BCUT2D eigenvalue weighted by molar-refractivity contribution is 9.10. The van der Waals surface area contributed by atoms with E-state index in [-0.39, 0.29) is 11.9 Å². The Hall–Kier alpha value is -1.43. The summed E-state index contributed by atoms with van der Waals surface area (Å²) >= 11 is 3.33. The van der Waals surface area contributed by atoms with E-state index >= 15 is 0 Å². The third kappa shape index (κ3) is 2.04. The van der Waals surface area contributed by atoms with E-state index in [1.807, 2.05) is 12.1 Å². The van der Waals surface area contributed by atoms with Gasteiger partial charge >= 0.3 is 6.03 Å². The molecule has 19 heavy (non-hydrogen) atoms. The molecule has 3 amide bonds. The number of rotatable bonds is 2. The van der Waals surface area contributed by atoms with Crippen LogP contribution in [-0.2, 0) is 11.3 Å². The molecule has 0 atom stereocenters. The highest BCUT2D eigenvalue weighted by Gasteiger charge is 2.53. The standard InChI is InChI=1S/C13H14BrN3O2/c14-9-3-4-10(15-7-9)8-17-12(19)16-11(18)13(17)5-1-2-6-13/h3-4,7H,1-2,5-6,8H2,(H,16,18,19). The summed E-state index contributed by atoms with van der Waals surface area (Å²) < 4.78 is 0.897. The molecule has 2 heterocycles. The molecule has 0 bridgehead atoms. The van der Waals surface area contributed by atoms with Crippen molar-refractivity contribution in [2.45, 2.75) is 37.8 Å². The number of nitrogens with one attached hydrogen (secondary N) is 1. The number of aromatic nitrogens is 1. The minimum atomic E-state index is -0.633. The Kier molecular flexibility index (Phi) is 3.05. The second-order valence-electron chi connectivity index (χ2n) is 5.05. The Balaban J connectivity index is 1.87. The van der Waals surface area contributed by atoms with E-state index in [1.165, 1.54) is 0 Å². The van der Waals surface area contributed by atoms with Gasteiger partial charge in [-0.1, -0.05) is 12.8 Å². The first kappa shape index (κ1) is 12.6. The van der Waals surface area contributed by atoms with Crippen LogP contribution < -0.4 is 5.32 Å². The molecule has 1 aliphatic carbocycles. The number of amides is 3. The van der Waals surface area contributed by atoms with Crippen molar-refractivity contribution in [1.82, 2.24) is 15.2 Å². The maximum absolute atomic E-state index is 12.1. The van der Waals surface area contributed by atoms with E-state index in [9.17, 15) is 9.59 Å². The van der Waals surface area contributed by atoms with Crippen LogP contribution in [0.3, 0.4) is 0 Å². The van der Waals surface area contributed by atoms with Crippen molar-refractivity contribution in [1.29, 1.82) is 0 Å². The number of carbonyl (C=O) groups is 2. The Bertz CT molecular complexity index is 523. The van der Waals surface area contributed by atoms with Gasteiger partial charge < -0.3 is 4.90 Å².